The molecule has 0 saturated heterocycles. The monoisotopic (exact) mass is 275 g/mol. The summed E-state index contributed by atoms with van der Waals surface area (Å²) in [4.78, 5) is 0. The number of benzene rings is 1. The van der Waals surface area contributed by atoms with Crippen LogP contribution in [0, 0.1) is 0 Å². The first-order valence-corrected chi connectivity index (χ1v) is 7.51. The van der Waals surface area contributed by atoms with Crippen LogP contribution in [0.2, 0.25) is 5.02 Å². The Morgan fingerprint density at radius 1 is 1.53 bits per heavy atom. The molecule has 0 aliphatic heterocycles. The highest BCUT2D eigenvalue weighted by atomic mass is 35.5. The molecule has 2 N–H and O–H groups in total. The minimum absolute atomic E-state index is 0.133. The van der Waals surface area contributed by atoms with Gasteiger partial charge >= 0.3 is 0 Å². The molecule has 0 aliphatic rings. The van der Waals surface area contributed by atoms with Gasteiger partial charge in [0, 0.05) is 34.4 Å². The summed E-state index contributed by atoms with van der Waals surface area (Å²) >= 11 is 5.80. The number of aromatic hydroxyl groups is 1. The van der Waals surface area contributed by atoms with Crippen molar-refractivity contribution in [3.63, 3.8) is 0 Å². The van der Waals surface area contributed by atoms with Gasteiger partial charge in [-0.05, 0) is 19.0 Å². The fourth-order valence-corrected chi connectivity index (χ4v) is 2.04. The largest absolute Gasteiger partial charge is 0.506 e. The lowest BCUT2D eigenvalue weighted by atomic mass is 10.2. The predicted octanol–water partition coefficient (Wildman–Crippen LogP) is 2.29. The van der Waals surface area contributed by atoms with Crippen LogP contribution in [-0.4, -0.2) is 27.4 Å². The van der Waals surface area contributed by atoms with E-state index in [0.717, 1.165) is 18.5 Å². The van der Waals surface area contributed by atoms with Gasteiger partial charge in [-0.1, -0.05) is 30.7 Å². The molecular formula is C12H18ClNO2S. The van der Waals surface area contributed by atoms with E-state index in [-0.39, 0.29) is 11.0 Å². The van der Waals surface area contributed by atoms with Gasteiger partial charge in [-0.2, -0.15) is 0 Å². The van der Waals surface area contributed by atoms with Crippen LogP contribution in [0.4, 0.5) is 0 Å². The average Bonchev–Trinajstić information content (AvgIpc) is 2.29. The number of halogens is 1. The molecular weight excluding hydrogens is 258 g/mol. The number of para-hydroxylation sites is 1. The number of nitrogens with one attached hydrogen (secondary N) is 1. The van der Waals surface area contributed by atoms with Crippen molar-refractivity contribution in [2.24, 2.45) is 0 Å². The summed E-state index contributed by atoms with van der Waals surface area (Å²) in [6.07, 6.45) is 2.57. The second kappa shape index (κ2) is 6.99. The second-order valence-corrected chi connectivity index (χ2v) is 6.23. The lowest BCUT2D eigenvalue weighted by molar-refractivity contribution is 0.464. The molecule has 0 bridgehead atoms. The Kier molecular flexibility index (Phi) is 5.95. The van der Waals surface area contributed by atoms with Crippen LogP contribution in [0.15, 0.2) is 18.2 Å². The van der Waals surface area contributed by atoms with Crippen molar-refractivity contribution in [3.8, 4) is 5.75 Å². The van der Waals surface area contributed by atoms with Crippen LogP contribution >= 0.6 is 11.6 Å². The van der Waals surface area contributed by atoms with E-state index in [1.54, 1.807) is 12.3 Å². The Bertz CT molecular complexity index is 398. The van der Waals surface area contributed by atoms with Gasteiger partial charge in [0.15, 0.2) is 0 Å². The van der Waals surface area contributed by atoms with Crippen molar-refractivity contribution in [1.29, 1.82) is 0 Å². The van der Waals surface area contributed by atoms with E-state index in [1.165, 1.54) is 0 Å². The quantitative estimate of drug-likeness (QED) is 0.783. The molecule has 1 aromatic carbocycles. The third-order valence-electron chi connectivity index (χ3n) is 2.68. The average molecular weight is 276 g/mol. The van der Waals surface area contributed by atoms with Crippen LogP contribution in [-0.2, 0) is 17.3 Å². The first kappa shape index (κ1) is 14.5. The van der Waals surface area contributed by atoms with Gasteiger partial charge in [0.1, 0.15) is 5.75 Å². The number of rotatable bonds is 6. The van der Waals surface area contributed by atoms with Crippen LogP contribution in [0.5, 0.6) is 5.75 Å². The van der Waals surface area contributed by atoms with Crippen LogP contribution < -0.4 is 5.32 Å². The Morgan fingerprint density at radius 2 is 2.24 bits per heavy atom. The molecule has 2 unspecified atom stereocenters. The Hall–Kier alpha value is -0.580. The van der Waals surface area contributed by atoms with E-state index < -0.39 is 10.8 Å². The molecule has 96 valence electrons. The molecule has 5 heteroatoms. The van der Waals surface area contributed by atoms with Crippen molar-refractivity contribution in [1.82, 2.24) is 5.32 Å². The maximum Gasteiger partial charge on any atom is 0.138 e. The zero-order valence-electron chi connectivity index (χ0n) is 10.1. The molecule has 0 aromatic heterocycles. The Balaban J connectivity index is 2.36. The first-order chi connectivity index (χ1) is 8.02. The smallest absolute Gasteiger partial charge is 0.138 e. The molecule has 0 radical (unpaired) electrons. The highest BCUT2D eigenvalue weighted by molar-refractivity contribution is 7.84. The first-order valence-electron chi connectivity index (χ1n) is 5.51. The summed E-state index contributed by atoms with van der Waals surface area (Å²) < 4.78 is 11.1. The van der Waals surface area contributed by atoms with E-state index in [9.17, 15) is 9.32 Å². The van der Waals surface area contributed by atoms with Crippen molar-refractivity contribution in [3.05, 3.63) is 28.8 Å². The van der Waals surface area contributed by atoms with Crippen molar-refractivity contribution in [2.45, 2.75) is 25.1 Å². The molecule has 1 aromatic rings. The summed E-state index contributed by atoms with van der Waals surface area (Å²) in [6, 6.07) is 5.29. The normalized spacial score (nSPS) is 14.5. The fraction of sp³-hybridized carbons (Fsp3) is 0.500. The van der Waals surface area contributed by atoms with E-state index in [4.69, 9.17) is 11.6 Å². The number of phenols is 1. The molecule has 0 amide bonds. The van der Waals surface area contributed by atoms with Gasteiger partial charge in [-0.25, -0.2) is 0 Å². The van der Waals surface area contributed by atoms with E-state index in [0.29, 0.717) is 11.6 Å². The molecule has 0 aliphatic carbocycles. The van der Waals surface area contributed by atoms with E-state index in [1.807, 2.05) is 19.1 Å². The zero-order chi connectivity index (χ0) is 12.8. The van der Waals surface area contributed by atoms with E-state index >= 15 is 0 Å². The summed E-state index contributed by atoms with van der Waals surface area (Å²) in [5.41, 5.74) is 0.780. The molecule has 3 nitrogen and oxygen atoms in total. The number of phenolic OH excluding ortho intramolecular Hbond substituents is 1. The standard InChI is InChI=1S/C12H18ClNO2S/c1-9(17(2)16)6-7-14-8-10-4-3-5-11(13)12(10)15/h3-5,9,14-15H,6-8H2,1-2H3. The summed E-state index contributed by atoms with van der Waals surface area (Å²) in [7, 11) is -0.777. The second-order valence-electron chi connectivity index (χ2n) is 4.02. The maximum absolute atomic E-state index is 11.1. The zero-order valence-corrected chi connectivity index (χ0v) is 11.6. The van der Waals surface area contributed by atoms with Crippen molar-refractivity contribution in [2.75, 3.05) is 12.8 Å². The summed E-state index contributed by atoms with van der Waals surface area (Å²) in [5, 5.41) is 13.4. The van der Waals surface area contributed by atoms with Crippen LogP contribution in [0.3, 0.4) is 0 Å². The van der Waals surface area contributed by atoms with Gasteiger partial charge in [-0.3, -0.25) is 4.21 Å². The Labute approximate surface area is 110 Å². The van der Waals surface area contributed by atoms with Crippen molar-refractivity contribution >= 4 is 22.4 Å². The molecule has 0 saturated carbocycles. The highest BCUT2D eigenvalue weighted by Crippen LogP contribution is 2.26. The third kappa shape index (κ3) is 4.66. The highest BCUT2D eigenvalue weighted by Gasteiger charge is 2.07. The minimum Gasteiger partial charge on any atom is -0.506 e. The topological polar surface area (TPSA) is 49.3 Å². The van der Waals surface area contributed by atoms with Crippen molar-refractivity contribution < 1.29 is 9.32 Å². The fourth-order valence-electron chi connectivity index (χ4n) is 1.40. The van der Waals surface area contributed by atoms with Gasteiger partial charge in [-0.15, -0.1) is 0 Å². The molecule has 0 fully saturated rings. The van der Waals surface area contributed by atoms with Gasteiger partial charge in [0.2, 0.25) is 0 Å². The summed E-state index contributed by atoms with van der Waals surface area (Å²) in [5.74, 6) is 0.133. The minimum atomic E-state index is -0.777. The predicted molar refractivity (Wildman–Crippen MR) is 73.0 cm³/mol. The van der Waals surface area contributed by atoms with Gasteiger partial charge in [0.25, 0.3) is 0 Å². The molecule has 0 heterocycles. The molecule has 2 atom stereocenters. The number of hydrogen-bond acceptors (Lipinski definition) is 3. The van der Waals surface area contributed by atoms with Gasteiger partial charge in [0.05, 0.1) is 5.02 Å². The SMILES string of the molecule is CC(CCNCc1cccc(Cl)c1O)S(C)=O. The lowest BCUT2D eigenvalue weighted by Gasteiger charge is -2.10. The maximum atomic E-state index is 11.1. The van der Waals surface area contributed by atoms with Crippen LogP contribution in [0.1, 0.15) is 18.9 Å². The Morgan fingerprint density at radius 3 is 2.88 bits per heavy atom. The molecule has 1 rings (SSSR count). The third-order valence-corrected chi connectivity index (χ3v) is 4.35. The number of hydrogen-bond donors (Lipinski definition) is 2. The molecule has 0 spiro atoms. The molecule has 17 heavy (non-hydrogen) atoms. The van der Waals surface area contributed by atoms with Crippen LogP contribution in [0.25, 0.3) is 0 Å². The van der Waals surface area contributed by atoms with Gasteiger partial charge < -0.3 is 10.4 Å². The van der Waals surface area contributed by atoms with E-state index in [2.05, 4.69) is 5.32 Å². The summed E-state index contributed by atoms with van der Waals surface area (Å²) in [6.45, 7) is 3.30. The lowest BCUT2D eigenvalue weighted by Crippen LogP contribution is -2.21.